The molecule has 3 heteroatoms. The Morgan fingerprint density at radius 1 is 1.10 bits per heavy atom. The molecule has 0 aromatic heterocycles. The summed E-state index contributed by atoms with van der Waals surface area (Å²) in [7, 11) is 0. The van der Waals surface area contributed by atoms with Crippen LogP contribution >= 0.6 is 11.6 Å². The van der Waals surface area contributed by atoms with Crippen LogP contribution in [0.2, 0.25) is 5.02 Å². The molecule has 0 radical (unpaired) electrons. The van der Waals surface area contributed by atoms with Gasteiger partial charge in [0.2, 0.25) is 0 Å². The first kappa shape index (κ1) is 14.9. The van der Waals surface area contributed by atoms with Crippen LogP contribution in [0.4, 0.5) is 0 Å². The summed E-state index contributed by atoms with van der Waals surface area (Å²) in [4.78, 5) is 0. The molecule has 2 nitrogen and oxygen atoms in total. The average Bonchev–Trinajstić information content (AvgIpc) is 2.40. The fourth-order valence-electron chi connectivity index (χ4n) is 2.20. The van der Waals surface area contributed by atoms with Gasteiger partial charge in [-0.15, -0.1) is 0 Å². The lowest BCUT2D eigenvalue weighted by Gasteiger charge is -2.23. The lowest BCUT2D eigenvalue weighted by Crippen LogP contribution is -2.29. The Morgan fingerprint density at radius 2 is 1.85 bits per heavy atom. The Balaban J connectivity index is 2.16. The number of halogens is 1. The number of rotatable bonds is 4. The second-order valence-electron chi connectivity index (χ2n) is 5.17. The normalized spacial score (nSPS) is 13.8. The molecule has 2 N–H and O–H groups in total. The van der Waals surface area contributed by atoms with Crippen molar-refractivity contribution in [2.75, 3.05) is 0 Å². The molecule has 0 fully saturated rings. The van der Waals surface area contributed by atoms with Crippen LogP contribution in [0.1, 0.15) is 29.7 Å². The van der Waals surface area contributed by atoms with E-state index in [0.717, 1.165) is 11.3 Å². The van der Waals surface area contributed by atoms with E-state index in [1.54, 1.807) is 6.07 Å². The molecule has 0 aliphatic rings. The molecule has 0 saturated heterocycles. The maximum Gasteiger partial charge on any atom is 0.121 e. The van der Waals surface area contributed by atoms with Gasteiger partial charge in [0.15, 0.2) is 0 Å². The molecule has 2 unspecified atom stereocenters. The molecule has 0 spiro atoms. The van der Waals surface area contributed by atoms with Gasteiger partial charge in [-0.1, -0.05) is 41.4 Å². The van der Waals surface area contributed by atoms with Gasteiger partial charge in [0, 0.05) is 5.02 Å². The van der Waals surface area contributed by atoms with Crippen molar-refractivity contribution in [1.29, 1.82) is 0 Å². The van der Waals surface area contributed by atoms with Crippen molar-refractivity contribution in [3.63, 3.8) is 0 Å². The lowest BCUT2D eigenvalue weighted by atomic mass is 9.96. The zero-order valence-corrected chi connectivity index (χ0v) is 12.8. The van der Waals surface area contributed by atoms with E-state index >= 15 is 0 Å². The van der Waals surface area contributed by atoms with Crippen molar-refractivity contribution < 1.29 is 4.74 Å². The third-order valence-electron chi connectivity index (χ3n) is 3.42. The van der Waals surface area contributed by atoms with Gasteiger partial charge in [-0.2, -0.15) is 0 Å². The van der Waals surface area contributed by atoms with Crippen molar-refractivity contribution >= 4 is 11.6 Å². The largest absolute Gasteiger partial charge is 0.489 e. The summed E-state index contributed by atoms with van der Waals surface area (Å²) in [6.07, 6.45) is -0.131. The third-order valence-corrected chi connectivity index (χ3v) is 3.65. The summed E-state index contributed by atoms with van der Waals surface area (Å²) in [5, 5.41) is 0.662. The van der Waals surface area contributed by atoms with Gasteiger partial charge in [-0.3, -0.25) is 0 Å². The van der Waals surface area contributed by atoms with Crippen LogP contribution in [0.15, 0.2) is 42.5 Å². The number of aryl methyl sites for hydroxylation is 2. The van der Waals surface area contributed by atoms with E-state index in [9.17, 15) is 0 Å². The first-order valence-electron chi connectivity index (χ1n) is 6.72. The molecule has 2 atom stereocenters. The minimum absolute atomic E-state index is 0.131. The van der Waals surface area contributed by atoms with Crippen LogP contribution < -0.4 is 10.5 Å². The molecule has 0 bridgehead atoms. The number of ether oxygens (including phenoxy) is 1. The summed E-state index contributed by atoms with van der Waals surface area (Å²) < 4.78 is 5.90. The summed E-state index contributed by atoms with van der Waals surface area (Å²) in [5.74, 6) is 0.741. The number of hydrogen-bond acceptors (Lipinski definition) is 2. The summed E-state index contributed by atoms with van der Waals surface area (Å²) in [6, 6.07) is 13.5. The van der Waals surface area contributed by atoms with Gasteiger partial charge in [0.1, 0.15) is 11.9 Å². The van der Waals surface area contributed by atoms with Crippen molar-refractivity contribution in [2.45, 2.75) is 32.9 Å². The molecule has 2 aromatic rings. The second kappa shape index (κ2) is 6.29. The van der Waals surface area contributed by atoms with E-state index in [2.05, 4.69) is 32.0 Å². The average molecular weight is 290 g/mol. The lowest BCUT2D eigenvalue weighted by molar-refractivity contribution is 0.190. The predicted octanol–water partition coefficient (Wildman–Crippen LogP) is 4.42. The maximum absolute atomic E-state index is 6.34. The molecular formula is C17H20ClNO. The third kappa shape index (κ3) is 3.53. The molecule has 2 rings (SSSR count). The van der Waals surface area contributed by atoms with Crippen molar-refractivity contribution in [3.05, 3.63) is 64.2 Å². The quantitative estimate of drug-likeness (QED) is 0.904. The standard InChI is InChI=1S/C17H20ClNO/c1-11-7-8-12(2)16(9-11)17(19)13(3)20-15-6-4-5-14(18)10-15/h4-10,13,17H,19H2,1-3H3. The topological polar surface area (TPSA) is 35.2 Å². The first-order valence-corrected chi connectivity index (χ1v) is 7.10. The van der Waals surface area contributed by atoms with Crippen LogP contribution in [0.5, 0.6) is 5.75 Å². The molecule has 0 amide bonds. The maximum atomic E-state index is 6.34. The van der Waals surface area contributed by atoms with E-state index in [0.29, 0.717) is 5.02 Å². The zero-order chi connectivity index (χ0) is 14.7. The Labute approximate surface area is 125 Å². The highest BCUT2D eigenvalue weighted by Crippen LogP contribution is 2.25. The van der Waals surface area contributed by atoms with Crippen LogP contribution in [-0.4, -0.2) is 6.10 Å². The van der Waals surface area contributed by atoms with Crippen LogP contribution in [0.3, 0.4) is 0 Å². The van der Waals surface area contributed by atoms with Crippen LogP contribution in [0.25, 0.3) is 0 Å². The SMILES string of the molecule is Cc1ccc(C)c(C(N)C(C)Oc2cccc(Cl)c2)c1. The minimum Gasteiger partial charge on any atom is -0.489 e. The Bertz CT molecular complexity index is 597. The number of nitrogens with two attached hydrogens (primary N) is 1. The number of benzene rings is 2. The molecule has 2 aromatic carbocycles. The van der Waals surface area contributed by atoms with Crippen LogP contribution in [0, 0.1) is 13.8 Å². The highest BCUT2D eigenvalue weighted by Gasteiger charge is 2.18. The summed E-state index contributed by atoms with van der Waals surface area (Å²) >= 11 is 5.96. The van der Waals surface area contributed by atoms with Gasteiger partial charge >= 0.3 is 0 Å². The minimum atomic E-state index is -0.172. The Hall–Kier alpha value is -1.51. The van der Waals surface area contributed by atoms with E-state index in [-0.39, 0.29) is 12.1 Å². The fraction of sp³-hybridized carbons (Fsp3) is 0.294. The van der Waals surface area contributed by atoms with E-state index in [1.165, 1.54) is 11.1 Å². The van der Waals surface area contributed by atoms with Gasteiger partial charge in [-0.05, 0) is 50.1 Å². The van der Waals surface area contributed by atoms with Crippen molar-refractivity contribution in [3.8, 4) is 5.75 Å². The Kier molecular flexibility index (Phi) is 4.69. The zero-order valence-electron chi connectivity index (χ0n) is 12.1. The predicted molar refractivity (Wildman–Crippen MR) is 84.4 cm³/mol. The fourth-order valence-corrected chi connectivity index (χ4v) is 2.38. The van der Waals surface area contributed by atoms with E-state index in [1.807, 2.05) is 25.1 Å². The smallest absolute Gasteiger partial charge is 0.121 e. The van der Waals surface area contributed by atoms with Gasteiger partial charge in [-0.25, -0.2) is 0 Å². The molecule has 0 saturated carbocycles. The van der Waals surface area contributed by atoms with Crippen molar-refractivity contribution in [1.82, 2.24) is 0 Å². The van der Waals surface area contributed by atoms with Crippen LogP contribution in [-0.2, 0) is 0 Å². The second-order valence-corrected chi connectivity index (χ2v) is 5.60. The highest BCUT2D eigenvalue weighted by atomic mass is 35.5. The number of hydrogen-bond donors (Lipinski definition) is 1. The highest BCUT2D eigenvalue weighted by molar-refractivity contribution is 6.30. The molecular weight excluding hydrogens is 270 g/mol. The summed E-state index contributed by atoms with van der Waals surface area (Å²) in [5.41, 5.74) is 9.85. The molecule has 0 aliphatic carbocycles. The molecule has 106 valence electrons. The monoisotopic (exact) mass is 289 g/mol. The van der Waals surface area contributed by atoms with Gasteiger partial charge in [0.05, 0.1) is 6.04 Å². The van der Waals surface area contributed by atoms with Crippen molar-refractivity contribution in [2.24, 2.45) is 5.73 Å². The van der Waals surface area contributed by atoms with E-state index < -0.39 is 0 Å². The summed E-state index contributed by atoms with van der Waals surface area (Å²) in [6.45, 7) is 6.12. The van der Waals surface area contributed by atoms with Gasteiger partial charge < -0.3 is 10.5 Å². The van der Waals surface area contributed by atoms with Gasteiger partial charge in [0.25, 0.3) is 0 Å². The Morgan fingerprint density at radius 3 is 2.55 bits per heavy atom. The first-order chi connectivity index (χ1) is 9.47. The molecule has 0 heterocycles. The van der Waals surface area contributed by atoms with E-state index in [4.69, 9.17) is 22.1 Å². The molecule has 20 heavy (non-hydrogen) atoms. The molecule has 0 aliphatic heterocycles.